The molecule has 0 N–H and O–H groups in total. The highest BCUT2D eigenvalue weighted by Crippen LogP contribution is 2.30. The summed E-state index contributed by atoms with van der Waals surface area (Å²) in [5.74, 6) is 0.732. The van der Waals surface area contributed by atoms with E-state index in [1.54, 1.807) is 23.9 Å². The topological polar surface area (TPSA) is 23.8 Å². The molecule has 0 bridgehead atoms. The average Bonchev–Trinajstić information content (AvgIpc) is 2.39. The summed E-state index contributed by atoms with van der Waals surface area (Å²) >= 11 is 13.5. The summed E-state index contributed by atoms with van der Waals surface area (Å²) in [4.78, 5) is 0.918. The molecule has 0 heterocycles. The van der Waals surface area contributed by atoms with E-state index in [2.05, 4.69) is 6.07 Å². The summed E-state index contributed by atoms with van der Waals surface area (Å²) < 4.78 is 0. The monoisotopic (exact) mass is 293 g/mol. The molecule has 0 saturated carbocycles. The van der Waals surface area contributed by atoms with Crippen molar-refractivity contribution < 1.29 is 0 Å². The fraction of sp³-hybridized carbons (Fsp3) is 0.0714. The van der Waals surface area contributed by atoms with Gasteiger partial charge in [0.05, 0.1) is 5.56 Å². The van der Waals surface area contributed by atoms with E-state index in [4.69, 9.17) is 28.5 Å². The molecular weight excluding hydrogens is 285 g/mol. The van der Waals surface area contributed by atoms with Crippen LogP contribution in [-0.2, 0) is 5.75 Å². The first-order valence-corrected chi connectivity index (χ1v) is 7.00. The number of hydrogen-bond donors (Lipinski definition) is 0. The lowest BCUT2D eigenvalue weighted by Crippen LogP contribution is -1.85. The number of hydrogen-bond acceptors (Lipinski definition) is 2. The van der Waals surface area contributed by atoms with Crippen LogP contribution < -0.4 is 0 Å². The second-order valence-corrected chi connectivity index (χ2v) is 5.49. The number of benzene rings is 2. The molecule has 90 valence electrons. The molecule has 0 unspecified atom stereocenters. The van der Waals surface area contributed by atoms with Gasteiger partial charge in [0.25, 0.3) is 0 Å². The van der Waals surface area contributed by atoms with Crippen molar-refractivity contribution >= 4 is 35.0 Å². The van der Waals surface area contributed by atoms with Gasteiger partial charge in [-0.25, -0.2) is 0 Å². The maximum absolute atomic E-state index is 9.05. The van der Waals surface area contributed by atoms with Gasteiger partial charge in [0, 0.05) is 20.7 Å². The molecule has 0 aliphatic carbocycles. The van der Waals surface area contributed by atoms with Gasteiger partial charge in [0.1, 0.15) is 6.07 Å². The maximum atomic E-state index is 9.05. The van der Waals surface area contributed by atoms with Crippen LogP contribution >= 0.6 is 35.0 Å². The first-order valence-electron chi connectivity index (χ1n) is 5.26. The third-order valence-corrected chi connectivity index (χ3v) is 4.13. The van der Waals surface area contributed by atoms with Crippen molar-refractivity contribution in [3.8, 4) is 6.07 Å². The zero-order valence-corrected chi connectivity index (χ0v) is 11.7. The van der Waals surface area contributed by atoms with Crippen molar-refractivity contribution in [3.05, 3.63) is 63.6 Å². The smallest absolute Gasteiger partial charge is 0.100 e. The van der Waals surface area contributed by atoms with E-state index < -0.39 is 0 Å². The minimum absolute atomic E-state index is 0.577. The summed E-state index contributed by atoms with van der Waals surface area (Å²) in [6.45, 7) is 0. The van der Waals surface area contributed by atoms with E-state index in [0.29, 0.717) is 10.6 Å². The molecule has 0 aromatic heterocycles. The van der Waals surface area contributed by atoms with Crippen molar-refractivity contribution in [2.45, 2.75) is 10.6 Å². The van der Waals surface area contributed by atoms with Crippen molar-refractivity contribution in [1.82, 2.24) is 0 Å². The first kappa shape index (κ1) is 13.3. The summed E-state index contributed by atoms with van der Waals surface area (Å²) in [7, 11) is 0. The number of halogens is 2. The molecule has 0 spiro atoms. The number of nitriles is 1. The summed E-state index contributed by atoms with van der Waals surface area (Å²) in [5, 5.41) is 10.4. The predicted octanol–water partition coefficient (Wildman–Crippen LogP) is 5.16. The lowest BCUT2D eigenvalue weighted by molar-refractivity contribution is 1.34. The molecule has 2 aromatic rings. The molecule has 0 saturated heterocycles. The van der Waals surface area contributed by atoms with Crippen molar-refractivity contribution in [1.29, 1.82) is 5.26 Å². The Morgan fingerprint density at radius 2 is 1.89 bits per heavy atom. The molecule has 0 aliphatic rings. The van der Waals surface area contributed by atoms with Crippen LogP contribution in [0.25, 0.3) is 0 Å². The van der Waals surface area contributed by atoms with E-state index in [1.807, 2.05) is 30.3 Å². The quantitative estimate of drug-likeness (QED) is 0.730. The highest BCUT2D eigenvalue weighted by Gasteiger charge is 2.05. The van der Waals surface area contributed by atoms with Crippen LogP contribution in [0.4, 0.5) is 0 Å². The Morgan fingerprint density at radius 3 is 2.61 bits per heavy atom. The van der Waals surface area contributed by atoms with E-state index >= 15 is 0 Å². The van der Waals surface area contributed by atoms with E-state index in [1.165, 1.54) is 0 Å². The van der Waals surface area contributed by atoms with Gasteiger partial charge < -0.3 is 0 Å². The van der Waals surface area contributed by atoms with Crippen LogP contribution in [0.5, 0.6) is 0 Å². The fourth-order valence-electron chi connectivity index (χ4n) is 1.49. The molecule has 0 radical (unpaired) electrons. The molecule has 0 amide bonds. The van der Waals surface area contributed by atoms with E-state index in [9.17, 15) is 0 Å². The van der Waals surface area contributed by atoms with E-state index in [0.717, 1.165) is 21.2 Å². The van der Waals surface area contributed by atoms with Crippen LogP contribution in [0.3, 0.4) is 0 Å². The highest BCUT2D eigenvalue weighted by atomic mass is 35.5. The zero-order valence-electron chi connectivity index (χ0n) is 9.36. The number of thioether (sulfide) groups is 1. The summed E-state index contributed by atoms with van der Waals surface area (Å²) in [5.41, 5.74) is 1.66. The lowest BCUT2D eigenvalue weighted by Gasteiger charge is -2.06. The van der Waals surface area contributed by atoms with Crippen LogP contribution in [0.1, 0.15) is 11.1 Å². The largest absolute Gasteiger partial charge is 0.192 e. The molecule has 18 heavy (non-hydrogen) atoms. The normalized spacial score (nSPS) is 10.1. The Morgan fingerprint density at radius 1 is 1.11 bits per heavy atom. The molecular formula is C14H9Cl2NS. The van der Waals surface area contributed by atoms with Gasteiger partial charge in [-0.05, 0) is 29.8 Å². The molecule has 1 nitrogen and oxygen atoms in total. The van der Waals surface area contributed by atoms with Gasteiger partial charge in [0.15, 0.2) is 0 Å². The molecule has 0 aliphatic heterocycles. The SMILES string of the molecule is N#Cc1cc(Cl)ccc1SCc1ccccc1Cl. The van der Waals surface area contributed by atoms with Crippen LogP contribution in [0.2, 0.25) is 10.0 Å². The Kier molecular flexibility index (Phi) is 4.54. The van der Waals surface area contributed by atoms with Gasteiger partial charge in [-0.1, -0.05) is 41.4 Å². The fourth-order valence-corrected chi connectivity index (χ4v) is 2.93. The molecule has 0 atom stereocenters. The van der Waals surface area contributed by atoms with Crippen molar-refractivity contribution in [3.63, 3.8) is 0 Å². The predicted molar refractivity (Wildman–Crippen MR) is 77.2 cm³/mol. The minimum Gasteiger partial charge on any atom is -0.192 e. The molecule has 0 fully saturated rings. The number of rotatable bonds is 3. The van der Waals surface area contributed by atoms with E-state index in [-0.39, 0.29) is 0 Å². The van der Waals surface area contributed by atoms with Gasteiger partial charge in [0.2, 0.25) is 0 Å². The second kappa shape index (κ2) is 6.15. The molecule has 2 aromatic carbocycles. The first-order chi connectivity index (χ1) is 8.70. The number of nitrogens with zero attached hydrogens (tertiary/aromatic N) is 1. The molecule has 4 heteroatoms. The average molecular weight is 294 g/mol. The summed E-state index contributed by atoms with van der Waals surface area (Å²) in [6.07, 6.45) is 0. The Labute approximate surface area is 120 Å². The third-order valence-electron chi connectivity index (χ3n) is 2.40. The second-order valence-electron chi connectivity index (χ2n) is 3.63. The Balaban J connectivity index is 2.16. The summed E-state index contributed by atoms with van der Waals surface area (Å²) in [6, 6.07) is 15.2. The van der Waals surface area contributed by atoms with Crippen LogP contribution in [0, 0.1) is 11.3 Å². The molecule has 2 rings (SSSR count). The van der Waals surface area contributed by atoms with Crippen LogP contribution in [0.15, 0.2) is 47.4 Å². The third kappa shape index (κ3) is 3.20. The van der Waals surface area contributed by atoms with Gasteiger partial charge >= 0.3 is 0 Å². The maximum Gasteiger partial charge on any atom is 0.100 e. The van der Waals surface area contributed by atoms with Crippen molar-refractivity contribution in [2.75, 3.05) is 0 Å². The van der Waals surface area contributed by atoms with Gasteiger partial charge in [-0.2, -0.15) is 5.26 Å². The highest BCUT2D eigenvalue weighted by molar-refractivity contribution is 7.98. The lowest BCUT2D eigenvalue weighted by atomic mass is 10.2. The van der Waals surface area contributed by atoms with Crippen LogP contribution in [-0.4, -0.2) is 0 Å². The minimum atomic E-state index is 0.577. The zero-order chi connectivity index (χ0) is 13.0. The van der Waals surface area contributed by atoms with Gasteiger partial charge in [-0.3, -0.25) is 0 Å². The Hall–Kier alpha value is -1.14. The van der Waals surface area contributed by atoms with Gasteiger partial charge in [-0.15, -0.1) is 11.8 Å². The Bertz CT molecular complexity index is 605. The standard InChI is InChI=1S/C14H9Cl2NS/c15-12-5-6-14(11(7-12)8-17)18-9-10-3-1-2-4-13(10)16/h1-7H,9H2. The van der Waals surface area contributed by atoms with Crippen molar-refractivity contribution in [2.24, 2.45) is 0 Å².